The maximum absolute atomic E-state index is 9.59. The summed E-state index contributed by atoms with van der Waals surface area (Å²) in [7, 11) is 0. The molecule has 2 heterocycles. The van der Waals surface area contributed by atoms with Gasteiger partial charge in [0.15, 0.2) is 5.82 Å². The molecule has 0 amide bonds. The van der Waals surface area contributed by atoms with Gasteiger partial charge in [-0.1, -0.05) is 19.8 Å². The molecule has 112 valence electrons. The van der Waals surface area contributed by atoms with Gasteiger partial charge in [-0.05, 0) is 19.3 Å². The molecule has 1 saturated heterocycles. The van der Waals surface area contributed by atoms with Crippen molar-refractivity contribution in [3.8, 4) is 5.88 Å². The van der Waals surface area contributed by atoms with Gasteiger partial charge in [0.05, 0.1) is 19.3 Å². The van der Waals surface area contributed by atoms with Crippen molar-refractivity contribution < 1.29 is 9.84 Å². The smallest absolute Gasteiger partial charge is 0.242 e. The van der Waals surface area contributed by atoms with Crippen LogP contribution < -0.4 is 15.4 Å². The second kappa shape index (κ2) is 7.28. The molecule has 6 heteroatoms. The third-order valence-corrected chi connectivity index (χ3v) is 3.63. The number of aromatic nitrogens is 2. The van der Waals surface area contributed by atoms with Crippen LogP contribution in [0.1, 0.15) is 39.0 Å². The van der Waals surface area contributed by atoms with Crippen molar-refractivity contribution >= 4 is 11.5 Å². The zero-order valence-corrected chi connectivity index (χ0v) is 12.1. The molecule has 1 aliphatic heterocycles. The van der Waals surface area contributed by atoms with Gasteiger partial charge in [-0.15, -0.1) is 0 Å². The fraction of sp³-hybridized carbons (Fsp3) is 0.714. The van der Waals surface area contributed by atoms with Crippen molar-refractivity contribution in [1.29, 1.82) is 0 Å². The summed E-state index contributed by atoms with van der Waals surface area (Å²) in [6.07, 6.45) is 6.75. The minimum absolute atomic E-state index is 0.0775. The van der Waals surface area contributed by atoms with E-state index >= 15 is 0 Å². The lowest BCUT2D eigenvalue weighted by Gasteiger charge is -2.30. The quantitative estimate of drug-likeness (QED) is 0.852. The van der Waals surface area contributed by atoms with Gasteiger partial charge < -0.3 is 20.5 Å². The SMILES string of the molecule is CCCOc1ncnc(N2CCCCCC2CO)c1N. The Labute approximate surface area is 120 Å². The molecule has 1 unspecified atom stereocenters. The Kier molecular flexibility index (Phi) is 5.40. The summed E-state index contributed by atoms with van der Waals surface area (Å²) >= 11 is 0. The molecule has 1 atom stereocenters. The first kappa shape index (κ1) is 14.8. The number of ether oxygens (including phenoxy) is 1. The molecule has 0 spiro atoms. The van der Waals surface area contributed by atoms with Gasteiger partial charge in [-0.25, -0.2) is 4.98 Å². The third-order valence-electron chi connectivity index (χ3n) is 3.63. The van der Waals surface area contributed by atoms with Crippen molar-refractivity contribution in [2.75, 3.05) is 30.4 Å². The largest absolute Gasteiger partial charge is 0.476 e. The Balaban J connectivity index is 2.25. The molecule has 0 aliphatic carbocycles. The molecule has 1 aliphatic rings. The van der Waals surface area contributed by atoms with E-state index in [4.69, 9.17) is 10.5 Å². The second-order valence-electron chi connectivity index (χ2n) is 5.14. The van der Waals surface area contributed by atoms with Crippen LogP contribution >= 0.6 is 0 Å². The summed E-state index contributed by atoms with van der Waals surface area (Å²) in [5.41, 5.74) is 6.62. The average molecular weight is 280 g/mol. The molecule has 1 aromatic rings. The summed E-state index contributed by atoms with van der Waals surface area (Å²) in [6.45, 7) is 3.60. The van der Waals surface area contributed by atoms with Gasteiger partial charge in [-0.2, -0.15) is 4.98 Å². The van der Waals surface area contributed by atoms with E-state index in [1.807, 2.05) is 6.92 Å². The van der Waals surface area contributed by atoms with E-state index in [9.17, 15) is 5.11 Å². The lowest BCUT2D eigenvalue weighted by atomic mass is 10.1. The van der Waals surface area contributed by atoms with Gasteiger partial charge in [0.1, 0.15) is 12.0 Å². The van der Waals surface area contributed by atoms with Gasteiger partial charge in [0.2, 0.25) is 5.88 Å². The number of rotatable bonds is 5. The van der Waals surface area contributed by atoms with E-state index in [-0.39, 0.29) is 12.6 Å². The number of aliphatic hydroxyl groups is 1. The molecule has 0 aromatic carbocycles. The molecular weight excluding hydrogens is 256 g/mol. The minimum atomic E-state index is 0.0775. The van der Waals surface area contributed by atoms with E-state index in [1.54, 1.807) is 0 Å². The predicted molar refractivity (Wildman–Crippen MR) is 78.9 cm³/mol. The van der Waals surface area contributed by atoms with Crippen molar-refractivity contribution in [2.24, 2.45) is 0 Å². The van der Waals surface area contributed by atoms with Crippen LogP contribution in [0.4, 0.5) is 11.5 Å². The number of anilines is 2. The summed E-state index contributed by atoms with van der Waals surface area (Å²) < 4.78 is 5.55. The summed E-state index contributed by atoms with van der Waals surface area (Å²) in [4.78, 5) is 10.5. The second-order valence-corrected chi connectivity index (χ2v) is 5.14. The Morgan fingerprint density at radius 1 is 1.40 bits per heavy atom. The monoisotopic (exact) mass is 280 g/mol. The molecule has 0 bridgehead atoms. The molecule has 1 fully saturated rings. The Bertz CT molecular complexity index is 428. The molecular formula is C14H24N4O2. The zero-order valence-electron chi connectivity index (χ0n) is 12.1. The van der Waals surface area contributed by atoms with Gasteiger partial charge in [0.25, 0.3) is 0 Å². The first-order valence-corrected chi connectivity index (χ1v) is 7.38. The van der Waals surface area contributed by atoms with Crippen LogP contribution in [-0.2, 0) is 0 Å². The molecule has 0 saturated carbocycles. The Hall–Kier alpha value is -1.56. The van der Waals surface area contributed by atoms with Crippen LogP contribution in [-0.4, -0.2) is 40.9 Å². The van der Waals surface area contributed by atoms with Crippen LogP contribution in [0.5, 0.6) is 5.88 Å². The van der Waals surface area contributed by atoms with Crippen LogP contribution in [0.2, 0.25) is 0 Å². The Morgan fingerprint density at radius 3 is 3.00 bits per heavy atom. The van der Waals surface area contributed by atoms with E-state index < -0.39 is 0 Å². The highest BCUT2D eigenvalue weighted by Crippen LogP contribution is 2.31. The summed E-state index contributed by atoms with van der Waals surface area (Å²) in [6, 6.07) is 0.0775. The van der Waals surface area contributed by atoms with Crippen LogP contribution in [0.3, 0.4) is 0 Å². The summed E-state index contributed by atoms with van der Waals surface area (Å²) in [5.74, 6) is 1.13. The maximum atomic E-state index is 9.59. The van der Waals surface area contributed by atoms with Gasteiger partial charge >= 0.3 is 0 Å². The van der Waals surface area contributed by atoms with E-state index in [2.05, 4.69) is 14.9 Å². The maximum Gasteiger partial charge on any atom is 0.242 e. The van der Waals surface area contributed by atoms with E-state index in [0.717, 1.165) is 32.2 Å². The first-order valence-electron chi connectivity index (χ1n) is 7.38. The molecule has 1 aromatic heterocycles. The van der Waals surface area contributed by atoms with E-state index in [1.165, 1.54) is 12.7 Å². The lowest BCUT2D eigenvalue weighted by Crippen LogP contribution is -2.38. The number of hydrogen-bond donors (Lipinski definition) is 2. The van der Waals surface area contributed by atoms with Gasteiger partial charge in [0, 0.05) is 6.54 Å². The normalized spacial score (nSPS) is 19.7. The van der Waals surface area contributed by atoms with Crippen LogP contribution in [0.25, 0.3) is 0 Å². The fourth-order valence-electron chi connectivity index (χ4n) is 2.56. The number of nitrogens with zero attached hydrogens (tertiary/aromatic N) is 3. The lowest BCUT2D eigenvalue weighted by molar-refractivity contribution is 0.254. The molecule has 6 nitrogen and oxygen atoms in total. The molecule has 2 rings (SSSR count). The highest BCUT2D eigenvalue weighted by Gasteiger charge is 2.24. The molecule has 0 radical (unpaired) electrons. The fourth-order valence-corrected chi connectivity index (χ4v) is 2.56. The van der Waals surface area contributed by atoms with E-state index in [0.29, 0.717) is 24.0 Å². The van der Waals surface area contributed by atoms with Crippen molar-refractivity contribution in [1.82, 2.24) is 9.97 Å². The molecule has 20 heavy (non-hydrogen) atoms. The highest BCUT2D eigenvalue weighted by atomic mass is 16.5. The number of nitrogen functional groups attached to an aromatic ring is 1. The number of nitrogens with two attached hydrogens (primary N) is 1. The first-order chi connectivity index (χ1) is 9.77. The van der Waals surface area contributed by atoms with Gasteiger partial charge in [-0.3, -0.25) is 0 Å². The predicted octanol–water partition coefficient (Wildman–Crippen LogP) is 1.59. The summed E-state index contributed by atoms with van der Waals surface area (Å²) in [5, 5.41) is 9.59. The zero-order chi connectivity index (χ0) is 14.4. The highest BCUT2D eigenvalue weighted by molar-refractivity contribution is 5.68. The van der Waals surface area contributed by atoms with Crippen LogP contribution in [0.15, 0.2) is 6.33 Å². The minimum Gasteiger partial charge on any atom is -0.476 e. The Morgan fingerprint density at radius 2 is 2.25 bits per heavy atom. The van der Waals surface area contributed by atoms with Crippen molar-refractivity contribution in [3.63, 3.8) is 0 Å². The third kappa shape index (κ3) is 3.30. The molecule has 3 N–H and O–H groups in total. The number of aliphatic hydroxyl groups excluding tert-OH is 1. The van der Waals surface area contributed by atoms with Crippen molar-refractivity contribution in [2.45, 2.75) is 45.1 Å². The number of hydrogen-bond acceptors (Lipinski definition) is 6. The average Bonchev–Trinajstić information content (AvgIpc) is 2.71. The van der Waals surface area contributed by atoms with Crippen LogP contribution in [0, 0.1) is 0 Å². The van der Waals surface area contributed by atoms with Crippen molar-refractivity contribution in [3.05, 3.63) is 6.33 Å². The standard InChI is InChI=1S/C14H24N4O2/c1-2-8-20-14-12(15)13(16-10-17-14)18-7-5-3-4-6-11(18)9-19/h10-11,19H,2-9,15H2,1H3. The topological polar surface area (TPSA) is 84.5 Å².